The van der Waals surface area contributed by atoms with Gasteiger partial charge in [0, 0.05) is 32.7 Å². The van der Waals surface area contributed by atoms with Crippen LogP contribution in [0.3, 0.4) is 0 Å². The molecule has 0 amide bonds. The maximum absolute atomic E-state index is 12.2. The molecule has 0 aromatic rings. The van der Waals surface area contributed by atoms with Crippen molar-refractivity contribution in [1.82, 2.24) is 13.9 Å². The quantitative estimate of drug-likeness (QED) is 0.633. The Balaban J connectivity index is 2.56. The molecule has 6 nitrogen and oxygen atoms in total. The van der Waals surface area contributed by atoms with Gasteiger partial charge in [-0.25, -0.2) is 4.72 Å². The Bertz CT molecular complexity index is 431. The molecule has 0 aromatic carbocycles. The first kappa shape index (κ1) is 18.8. The standard InChI is InChI=1S/C13H28N4O2S2/c1-4-5-12(13(14)20)16-6-8-17(9-7-16)21(18,19)15-10-11(2)3/h11-12,15H,4-10H2,1-3H3,(H2,14,20). The average Bonchev–Trinajstić information content (AvgIpc) is 2.42. The fourth-order valence-corrected chi connectivity index (χ4v) is 4.03. The van der Waals surface area contributed by atoms with Gasteiger partial charge in [0.05, 0.1) is 11.0 Å². The molecule has 1 heterocycles. The number of hydrogen-bond acceptors (Lipinski definition) is 4. The van der Waals surface area contributed by atoms with Gasteiger partial charge in [0.2, 0.25) is 0 Å². The predicted octanol–water partition coefficient (Wildman–Crippen LogP) is 0.549. The van der Waals surface area contributed by atoms with Gasteiger partial charge in [0.25, 0.3) is 10.2 Å². The summed E-state index contributed by atoms with van der Waals surface area (Å²) in [6.07, 6.45) is 1.93. The van der Waals surface area contributed by atoms with E-state index >= 15 is 0 Å². The van der Waals surface area contributed by atoms with Crippen molar-refractivity contribution in [2.45, 2.75) is 39.7 Å². The Hall–Kier alpha value is -0.280. The molecule has 1 fully saturated rings. The van der Waals surface area contributed by atoms with E-state index in [9.17, 15) is 8.42 Å². The second-order valence-corrected chi connectivity index (χ2v) is 8.12. The topological polar surface area (TPSA) is 78.7 Å². The average molecular weight is 337 g/mol. The van der Waals surface area contributed by atoms with Gasteiger partial charge >= 0.3 is 0 Å². The van der Waals surface area contributed by atoms with Gasteiger partial charge in [-0.2, -0.15) is 12.7 Å². The van der Waals surface area contributed by atoms with Gasteiger partial charge in [0.1, 0.15) is 0 Å². The van der Waals surface area contributed by atoms with Crippen molar-refractivity contribution < 1.29 is 8.42 Å². The zero-order valence-electron chi connectivity index (χ0n) is 13.2. The molecule has 1 saturated heterocycles. The zero-order chi connectivity index (χ0) is 16.0. The lowest BCUT2D eigenvalue weighted by molar-refractivity contribution is 0.161. The van der Waals surface area contributed by atoms with Gasteiger partial charge in [-0.3, -0.25) is 4.90 Å². The van der Waals surface area contributed by atoms with Crippen LogP contribution in [0.1, 0.15) is 33.6 Å². The Morgan fingerprint density at radius 1 is 1.29 bits per heavy atom. The highest BCUT2D eigenvalue weighted by atomic mass is 32.2. The Morgan fingerprint density at radius 3 is 2.29 bits per heavy atom. The summed E-state index contributed by atoms with van der Waals surface area (Å²) < 4.78 is 28.5. The summed E-state index contributed by atoms with van der Waals surface area (Å²) in [5.74, 6) is 0.296. The lowest BCUT2D eigenvalue weighted by Crippen LogP contribution is -2.56. The van der Waals surface area contributed by atoms with Crippen molar-refractivity contribution in [2.75, 3.05) is 32.7 Å². The van der Waals surface area contributed by atoms with E-state index in [2.05, 4.69) is 16.5 Å². The second kappa shape index (κ2) is 8.38. The number of rotatable bonds is 8. The van der Waals surface area contributed by atoms with E-state index in [1.807, 2.05) is 13.8 Å². The normalized spacial score (nSPS) is 19.8. The number of thiocarbonyl (C=S) groups is 1. The Labute approximate surface area is 134 Å². The van der Waals surface area contributed by atoms with E-state index in [4.69, 9.17) is 18.0 Å². The Kier molecular flexibility index (Phi) is 7.49. The highest BCUT2D eigenvalue weighted by molar-refractivity contribution is 7.87. The Morgan fingerprint density at radius 2 is 1.86 bits per heavy atom. The lowest BCUT2D eigenvalue weighted by Gasteiger charge is -2.38. The molecule has 0 aromatic heterocycles. The molecule has 1 aliphatic heterocycles. The van der Waals surface area contributed by atoms with Crippen LogP contribution in [0.15, 0.2) is 0 Å². The van der Waals surface area contributed by atoms with E-state index in [0.717, 1.165) is 12.8 Å². The van der Waals surface area contributed by atoms with Crippen LogP contribution in [0.25, 0.3) is 0 Å². The van der Waals surface area contributed by atoms with E-state index in [1.165, 1.54) is 4.31 Å². The number of nitrogens with one attached hydrogen (secondary N) is 1. The van der Waals surface area contributed by atoms with Crippen LogP contribution in [-0.4, -0.2) is 61.4 Å². The number of piperazine rings is 1. The smallest absolute Gasteiger partial charge is 0.279 e. The third kappa shape index (κ3) is 5.78. The van der Waals surface area contributed by atoms with E-state index in [1.54, 1.807) is 0 Å². The molecule has 0 radical (unpaired) electrons. The molecule has 1 rings (SSSR count). The third-order valence-corrected chi connectivity index (χ3v) is 5.47. The molecule has 0 saturated carbocycles. The zero-order valence-corrected chi connectivity index (χ0v) is 14.8. The first-order valence-corrected chi connectivity index (χ1v) is 9.40. The molecule has 21 heavy (non-hydrogen) atoms. The molecule has 0 aliphatic carbocycles. The predicted molar refractivity (Wildman–Crippen MR) is 90.4 cm³/mol. The summed E-state index contributed by atoms with van der Waals surface area (Å²) >= 11 is 5.13. The number of hydrogen-bond donors (Lipinski definition) is 2. The van der Waals surface area contributed by atoms with Crippen molar-refractivity contribution in [1.29, 1.82) is 0 Å². The van der Waals surface area contributed by atoms with Crippen molar-refractivity contribution in [3.8, 4) is 0 Å². The van der Waals surface area contributed by atoms with Crippen LogP contribution in [0.2, 0.25) is 0 Å². The molecule has 0 bridgehead atoms. The summed E-state index contributed by atoms with van der Waals surface area (Å²) in [5, 5.41) is 0. The van der Waals surface area contributed by atoms with E-state index in [-0.39, 0.29) is 6.04 Å². The molecular formula is C13H28N4O2S2. The van der Waals surface area contributed by atoms with Crippen molar-refractivity contribution in [3.63, 3.8) is 0 Å². The van der Waals surface area contributed by atoms with E-state index < -0.39 is 10.2 Å². The van der Waals surface area contributed by atoms with Crippen molar-refractivity contribution >= 4 is 27.4 Å². The van der Waals surface area contributed by atoms with Gasteiger partial charge in [-0.1, -0.05) is 39.4 Å². The first-order chi connectivity index (χ1) is 9.77. The van der Waals surface area contributed by atoms with Crippen molar-refractivity contribution in [3.05, 3.63) is 0 Å². The molecule has 1 aliphatic rings. The summed E-state index contributed by atoms with van der Waals surface area (Å²) in [6.45, 7) is 8.84. The summed E-state index contributed by atoms with van der Waals surface area (Å²) in [5.41, 5.74) is 5.80. The fourth-order valence-electron chi connectivity index (χ4n) is 2.40. The van der Waals surface area contributed by atoms with Gasteiger partial charge in [-0.05, 0) is 12.3 Å². The van der Waals surface area contributed by atoms with Crippen LogP contribution >= 0.6 is 12.2 Å². The molecular weight excluding hydrogens is 308 g/mol. The van der Waals surface area contributed by atoms with Crippen LogP contribution < -0.4 is 10.5 Å². The van der Waals surface area contributed by atoms with Gasteiger partial charge < -0.3 is 5.73 Å². The number of nitrogens with zero attached hydrogens (tertiary/aromatic N) is 2. The van der Waals surface area contributed by atoms with Crippen LogP contribution in [0.4, 0.5) is 0 Å². The minimum absolute atomic E-state index is 0.0819. The summed E-state index contributed by atoms with van der Waals surface area (Å²) in [7, 11) is -3.37. The molecule has 3 N–H and O–H groups in total. The van der Waals surface area contributed by atoms with Crippen molar-refractivity contribution in [2.24, 2.45) is 11.7 Å². The SMILES string of the molecule is CCCC(C(N)=S)N1CCN(S(=O)(=O)NCC(C)C)CC1. The molecule has 1 atom stereocenters. The monoisotopic (exact) mass is 336 g/mol. The molecule has 0 spiro atoms. The van der Waals surface area contributed by atoms with Gasteiger partial charge in [0.15, 0.2) is 0 Å². The highest BCUT2D eigenvalue weighted by Gasteiger charge is 2.30. The largest absolute Gasteiger partial charge is 0.392 e. The van der Waals surface area contributed by atoms with Gasteiger partial charge in [-0.15, -0.1) is 0 Å². The molecule has 1 unspecified atom stereocenters. The molecule has 124 valence electrons. The minimum Gasteiger partial charge on any atom is -0.392 e. The maximum atomic E-state index is 12.2. The summed E-state index contributed by atoms with van der Waals surface area (Å²) in [4.78, 5) is 2.70. The second-order valence-electron chi connectivity index (χ2n) is 5.89. The number of nitrogens with two attached hydrogens (primary N) is 1. The molecule has 8 heteroatoms. The van der Waals surface area contributed by atoms with Crippen LogP contribution in [0.5, 0.6) is 0 Å². The third-order valence-electron chi connectivity index (χ3n) is 3.62. The summed E-state index contributed by atoms with van der Waals surface area (Å²) in [6, 6.07) is 0.0819. The van der Waals surface area contributed by atoms with Crippen LogP contribution in [-0.2, 0) is 10.2 Å². The first-order valence-electron chi connectivity index (χ1n) is 7.56. The minimum atomic E-state index is -3.37. The van der Waals surface area contributed by atoms with Crippen LogP contribution in [0, 0.1) is 5.92 Å². The fraction of sp³-hybridized carbons (Fsp3) is 0.923. The maximum Gasteiger partial charge on any atom is 0.279 e. The van der Waals surface area contributed by atoms with E-state index in [0.29, 0.717) is 43.6 Å². The highest BCUT2D eigenvalue weighted by Crippen LogP contribution is 2.13. The lowest BCUT2D eigenvalue weighted by atomic mass is 10.1.